The van der Waals surface area contributed by atoms with Crippen molar-refractivity contribution in [2.24, 2.45) is 0 Å². The number of H-pyrrole nitrogens is 1. The summed E-state index contributed by atoms with van der Waals surface area (Å²) in [6.45, 7) is 1.29. The van der Waals surface area contributed by atoms with Gasteiger partial charge in [0.15, 0.2) is 0 Å². The Balaban J connectivity index is 2.94. The van der Waals surface area contributed by atoms with Crippen LogP contribution in [0.5, 0.6) is 0 Å². The highest BCUT2D eigenvalue weighted by atomic mass is 19.4. The topological polar surface area (TPSA) is 66.9 Å². The number of halogens is 3. The fourth-order valence-corrected chi connectivity index (χ4v) is 1.36. The van der Waals surface area contributed by atoms with Crippen LogP contribution in [-0.2, 0) is 17.9 Å². The second-order valence-corrected chi connectivity index (χ2v) is 3.63. The minimum Gasteiger partial charge on any atom is -0.352 e. The van der Waals surface area contributed by atoms with Crippen molar-refractivity contribution in [2.75, 3.05) is 0 Å². The van der Waals surface area contributed by atoms with E-state index in [0.29, 0.717) is 10.4 Å². The van der Waals surface area contributed by atoms with Crippen molar-refractivity contribution in [3.05, 3.63) is 21.6 Å². The Kier molecular flexibility index (Phi) is 3.64. The van der Waals surface area contributed by atoms with Gasteiger partial charge in [0.25, 0.3) is 5.56 Å². The third-order valence-electron chi connectivity index (χ3n) is 2.11. The Labute approximate surface area is 94.6 Å². The van der Waals surface area contributed by atoms with Gasteiger partial charge in [-0.05, 0) is 6.92 Å². The first-order chi connectivity index (χ1) is 7.70. The zero-order valence-corrected chi connectivity index (χ0v) is 9.31. The van der Waals surface area contributed by atoms with E-state index >= 15 is 0 Å². The summed E-state index contributed by atoms with van der Waals surface area (Å²) in [6, 6.07) is 0. The molecule has 1 rings (SSSR count). The molecule has 0 aromatic carbocycles. The van der Waals surface area contributed by atoms with Crippen LogP contribution < -0.4 is 10.9 Å². The van der Waals surface area contributed by atoms with Gasteiger partial charge in [-0.25, -0.2) is 4.68 Å². The van der Waals surface area contributed by atoms with Gasteiger partial charge in [-0.1, -0.05) is 0 Å². The molecule has 5 nitrogen and oxygen atoms in total. The lowest BCUT2D eigenvalue weighted by atomic mass is 10.2. The number of amides is 1. The van der Waals surface area contributed by atoms with E-state index < -0.39 is 18.3 Å². The van der Waals surface area contributed by atoms with Gasteiger partial charge in [0.1, 0.15) is 6.54 Å². The summed E-state index contributed by atoms with van der Waals surface area (Å²) >= 11 is 0. The van der Waals surface area contributed by atoms with Gasteiger partial charge in [0.05, 0.1) is 12.1 Å². The lowest BCUT2D eigenvalue weighted by Crippen LogP contribution is -2.29. The molecule has 1 aromatic heterocycles. The average molecular weight is 251 g/mol. The van der Waals surface area contributed by atoms with E-state index in [4.69, 9.17) is 0 Å². The normalized spacial score (nSPS) is 11.6. The molecule has 0 unspecified atom stereocenters. The third-order valence-corrected chi connectivity index (χ3v) is 2.11. The number of carbonyl (C=O) groups excluding carboxylic acids is 1. The summed E-state index contributed by atoms with van der Waals surface area (Å²) in [5.74, 6) is -0.354. The highest BCUT2D eigenvalue weighted by molar-refractivity contribution is 5.72. The van der Waals surface area contributed by atoms with E-state index in [-0.39, 0.29) is 18.0 Å². The van der Waals surface area contributed by atoms with E-state index in [1.165, 1.54) is 13.8 Å². The molecule has 0 aliphatic rings. The number of aromatic amines is 1. The van der Waals surface area contributed by atoms with Crippen LogP contribution in [0.4, 0.5) is 13.2 Å². The molecule has 0 atom stereocenters. The molecule has 2 N–H and O–H groups in total. The van der Waals surface area contributed by atoms with Crippen LogP contribution in [0.15, 0.2) is 4.79 Å². The van der Waals surface area contributed by atoms with Crippen LogP contribution in [-0.4, -0.2) is 21.9 Å². The van der Waals surface area contributed by atoms with Crippen molar-refractivity contribution >= 4 is 5.91 Å². The maximum atomic E-state index is 12.1. The predicted molar refractivity (Wildman–Crippen MR) is 53.4 cm³/mol. The summed E-state index contributed by atoms with van der Waals surface area (Å²) in [6.07, 6.45) is -4.47. The molecule has 1 aromatic rings. The van der Waals surface area contributed by atoms with Gasteiger partial charge >= 0.3 is 6.18 Å². The first kappa shape index (κ1) is 13.3. The van der Waals surface area contributed by atoms with E-state index in [0.717, 1.165) is 0 Å². The maximum Gasteiger partial charge on any atom is 0.408 e. The summed E-state index contributed by atoms with van der Waals surface area (Å²) < 4.78 is 36.9. The molecule has 1 heterocycles. The quantitative estimate of drug-likeness (QED) is 0.829. The van der Waals surface area contributed by atoms with Gasteiger partial charge < -0.3 is 5.32 Å². The summed E-state index contributed by atoms with van der Waals surface area (Å²) in [5, 5.41) is 4.69. The SMILES string of the molecule is CC(=O)NCc1c(C)[nH]n(CC(F)(F)F)c1=O. The van der Waals surface area contributed by atoms with Crippen LogP contribution in [0.1, 0.15) is 18.2 Å². The van der Waals surface area contributed by atoms with Gasteiger partial charge in [-0.15, -0.1) is 0 Å². The second-order valence-electron chi connectivity index (χ2n) is 3.63. The average Bonchev–Trinajstić information content (AvgIpc) is 2.37. The third kappa shape index (κ3) is 3.65. The smallest absolute Gasteiger partial charge is 0.352 e. The lowest BCUT2D eigenvalue weighted by Gasteiger charge is -2.05. The predicted octanol–water partition coefficient (Wildman–Crippen LogP) is 0.683. The number of aryl methyl sites for hydroxylation is 1. The fraction of sp³-hybridized carbons (Fsp3) is 0.556. The second kappa shape index (κ2) is 4.64. The Hall–Kier alpha value is -1.73. The van der Waals surface area contributed by atoms with E-state index in [1.54, 1.807) is 0 Å². The highest BCUT2D eigenvalue weighted by Gasteiger charge is 2.29. The van der Waals surface area contributed by atoms with Gasteiger partial charge in [0, 0.05) is 12.6 Å². The first-order valence-corrected chi connectivity index (χ1v) is 4.80. The van der Waals surface area contributed by atoms with Crippen LogP contribution in [0, 0.1) is 6.92 Å². The molecule has 0 aliphatic heterocycles. The number of nitrogens with zero attached hydrogens (tertiary/aromatic N) is 1. The van der Waals surface area contributed by atoms with Crippen molar-refractivity contribution in [1.29, 1.82) is 0 Å². The Morgan fingerprint density at radius 1 is 1.47 bits per heavy atom. The molecule has 0 spiro atoms. The van der Waals surface area contributed by atoms with Crippen LogP contribution in [0.2, 0.25) is 0 Å². The van der Waals surface area contributed by atoms with E-state index in [2.05, 4.69) is 10.4 Å². The molecule has 0 fully saturated rings. The number of hydrogen-bond acceptors (Lipinski definition) is 2. The summed E-state index contributed by atoms with van der Waals surface area (Å²) in [5.41, 5.74) is -0.328. The van der Waals surface area contributed by atoms with Gasteiger partial charge in [-0.3, -0.25) is 14.7 Å². The Bertz CT molecular complexity index is 473. The number of rotatable bonds is 3. The first-order valence-electron chi connectivity index (χ1n) is 4.80. The minimum atomic E-state index is -4.47. The molecule has 0 saturated heterocycles. The molecule has 0 bridgehead atoms. The molecule has 8 heteroatoms. The number of alkyl halides is 3. The van der Waals surface area contributed by atoms with Gasteiger partial charge in [-0.2, -0.15) is 13.2 Å². The number of nitrogens with one attached hydrogen (secondary N) is 2. The molecule has 0 radical (unpaired) electrons. The van der Waals surface area contributed by atoms with Crippen molar-refractivity contribution in [1.82, 2.24) is 15.1 Å². The molecule has 17 heavy (non-hydrogen) atoms. The summed E-state index contributed by atoms with van der Waals surface area (Å²) in [7, 11) is 0. The Morgan fingerprint density at radius 3 is 2.53 bits per heavy atom. The van der Waals surface area contributed by atoms with Crippen LogP contribution >= 0.6 is 0 Å². The zero-order valence-electron chi connectivity index (χ0n) is 9.31. The van der Waals surface area contributed by atoms with Crippen LogP contribution in [0.3, 0.4) is 0 Å². The standard InChI is InChI=1S/C9H12F3N3O2/c1-5-7(3-13-6(2)16)8(17)15(14-5)4-9(10,11)12/h14H,3-4H2,1-2H3,(H,13,16). The van der Waals surface area contributed by atoms with E-state index in [9.17, 15) is 22.8 Å². The Morgan fingerprint density at radius 2 is 2.06 bits per heavy atom. The largest absolute Gasteiger partial charge is 0.408 e. The molecule has 1 amide bonds. The molecular weight excluding hydrogens is 239 g/mol. The van der Waals surface area contributed by atoms with Crippen molar-refractivity contribution in [3.8, 4) is 0 Å². The number of carbonyl (C=O) groups is 1. The van der Waals surface area contributed by atoms with E-state index in [1.807, 2.05) is 0 Å². The molecule has 0 aliphatic carbocycles. The van der Waals surface area contributed by atoms with Crippen molar-refractivity contribution in [2.45, 2.75) is 33.1 Å². The monoisotopic (exact) mass is 251 g/mol. The molecule has 0 saturated carbocycles. The summed E-state index contributed by atoms with van der Waals surface area (Å²) in [4.78, 5) is 22.2. The maximum absolute atomic E-state index is 12.1. The molecular formula is C9H12F3N3O2. The zero-order chi connectivity index (χ0) is 13.2. The highest BCUT2D eigenvalue weighted by Crippen LogP contribution is 2.16. The van der Waals surface area contributed by atoms with Crippen molar-refractivity contribution in [3.63, 3.8) is 0 Å². The van der Waals surface area contributed by atoms with Crippen molar-refractivity contribution < 1.29 is 18.0 Å². The van der Waals surface area contributed by atoms with Gasteiger partial charge in [0.2, 0.25) is 5.91 Å². The minimum absolute atomic E-state index is 0.0820. The lowest BCUT2D eigenvalue weighted by molar-refractivity contribution is -0.143. The molecule has 96 valence electrons. The number of hydrogen-bond donors (Lipinski definition) is 2. The number of aromatic nitrogens is 2. The fourth-order valence-electron chi connectivity index (χ4n) is 1.36. The van der Waals surface area contributed by atoms with Crippen LogP contribution in [0.25, 0.3) is 0 Å².